The van der Waals surface area contributed by atoms with Crippen molar-refractivity contribution in [3.05, 3.63) is 65.3 Å². The molecule has 2 atom stereocenters. The highest BCUT2D eigenvalue weighted by Crippen LogP contribution is 2.39. The Labute approximate surface area is 169 Å². The van der Waals surface area contributed by atoms with Crippen LogP contribution in [0.3, 0.4) is 0 Å². The van der Waals surface area contributed by atoms with Crippen molar-refractivity contribution >= 4 is 23.3 Å². The van der Waals surface area contributed by atoms with E-state index in [0.29, 0.717) is 17.9 Å². The molecule has 0 bridgehead atoms. The number of halogens is 3. The number of hydrogen-bond acceptors (Lipinski definition) is 4. The second kappa shape index (κ2) is 7.47. The molecule has 30 heavy (non-hydrogen) atoms. The molecular weight excluding hydrogens is 401 g/mol. The second-order valence-corrected chi connectivity index (χ2v) is 7.31. The maximum Gasteiger partial charge on any atom is 0.416 e. The number of rotatable bonds is 3. The normalized spacial score (nSPS) is 21.8. The average molecular weight is 418 g/mol. The van der Waals surface area contributed by atoms with Gasteiger partial charge in [-0.1, -0.05) is 6.07 Å². The third-order valence-electron chi connectivity index (χ3n) is 5.26. The Morgan fingerprint density at radius 3 is 2.60 bits per heavy atom. The van der Waals surface area contributed by atoms with Crippen LogP contribution in [0.25, 0.3) is 0 Å². The molecule has 2 heterocycles. The van der Waals surface area contributed by atoms with Gasteiger partial charge in [0.15, 0.2) is 5.78 Å². The van der Waals surface area contributed by atoms with E-state index >= 15 is 0 Å². The first-order chi connectivity index (χ1) is 14.2. The molecular formula is C21H17F3N2O4. The molecule has 1 aromatic carbocycles. The lowest BCUT2D eigenvalue weighted by atomic mass is 9.76. The van der Waals surface area contributed by atoms with Gasteiger partial charge < -0.3 is 15.1 Å². The summed E-state index contributed by atoms with van der Waals surface area (Å²) in [4.78, 5) is 37.8. The first-order valence-corrected chi connectivity index (χ1v) is 9.30. The zero-order valence-corrected chi connectivity index (χ0v) is 15.6. The molecule has 0 fully saturated rings. The topological polar surface area (TPSA) is 88.4 Å². The van der Waals surface area contributed by atoms with Gasteiger partial charge in [0, 0.05) is 35.7 Å². The quantitative estimate of drug-likeness (QED) is 0.794. The second-order valence-electron chi connectivity index (χ2n) is 7.31. The van der Waals surface area contributed by atoms with Crippen molar-refractivity contribution in [3.8, 4) is 0 Å². The van der Waals surface area contributed by atoms with Crippen LogP contribution in [0.2, 0.25) is 0 Å². The molecule has 0 saturated carbocycles. The van der Waals surface area contributed by atoms with E-state index in [1.54, 1.807) is 12.1 Å². The van der Waals surface area contributed by atoms with Gasteiger partial charge in [-0.3, -0.25) is 14.4 Å². The summed E-state index contributed by atoms with van der Waals surface area (Å²) in [5.41, 5.74) is -0.383. The van der Waals surface area contributed by atoms with Gasteiger partial charge in [-0.05, 0) is 36.8 Å². The van der Waals surface area contributed by atoms with Crippen molar-refractivity contribution in [2.75, 3.05) is 5.32 Å². The Hall–Kier alpha value is -3.36. The first kappa shape index (κ1) is 19.9. The number of hydrogen-bond donors (Lipinski definition) is 2. The third-order valence-corrected chi connectivity index (χ3v) is 5.26. The van der Waals surface area contributed by atoms with Gasteiger partial charge in [0.05, 0.1) is 17.7 Å². The van der Waals surface area contributed by atoms with Crippen LogP contribution in [0.4, 0.5) is 18.9 Å². The van der Waals surface area contributed by atoms with E-state index in [2.05, 4.69) is 10.6 Å². The number of furan rings is 1. The fourth-order valence-corrected chi connectivity index (χ4v) is 3.91. The van der Waals surface area contributed by atoms with Gasteiger partial charge in [-0.15, -0.1) is 0 Å². The molecule has 1 aliphatic heterocycles. The number of benzene rings is 1. The Morgan fingerprint density at radius 1 is 1.10 bits per heavy atom. The smallest absolute Gasteiger partial charge is 0.416 e. The van der Waals surface area contributed by atoms with Gasteiger partial charge in [-0.25, -0.2) is 0 Å². The summed E-state index contributed by atoms with van der Waals surface area (Å²) < 4.78 is 44.1. The number of carbonyl (C=O) groups is 3. The molecule has 0 spiro atoms. The number of nitrogens with one attached hydrogen (secondary N) is 2. The standard InChI is InChI=1S/C21H17F3N2O4/c22-21(23,24)12-3-1-4-13(9-12)25-20(29)14-10-18(28)26-15-7-11(8-16(27)19(14)15)17-5-2-6-30-17/h1-6,9,11,14H,7-8,10H2,(H,25,29)(H,26,28)/t11-,14+/m1/s1. The van der Waals surface area contributed by atoms with Gasteiger partial charge in [0.1, 0.15) is 5.76 Å². The molecule has 4 rings (SSSR count). The van der Waals surface area contributed by atoms with Crippen LogP contribution in [-0.2, 0) is 20.6 Å². The van der Waals surface area contributed by atoms with Gasteiger partial charge in [-0.2, -0.15) is 13.2 Å². The minimum absolute atomic E-state index is 0.0559. The van der Waals surface area contributed by atoms with E-state index in [1.807, 2.05) is 0 Å². The molecule has 0 saturated heterocycles. The van der Waals surface area contributed by atoms with E-state index in [4.69, 9.17) is 4.42 Å². The molecule has 1 aromatic heterocycles. The molecule has 2 N–H and O–H groups in total. The highest BCUT2D eigenvalue weighted by atomic mass is 19.4. The minimum atomic E-state index is -4.55. The van der Waals surface area contributed by atoms with Crippen LogP contribution >= 0.6 is 0 Å². The zero-order valence-electron chi connectivity index (χ0n) is 15.6. The van der Waals surface area contributed by atoms with E-state index in [9.17, 15) is 27.6 Å². The van der Waals surface area contributed by atoms with E-state index in [0.717, 1.165) is 12.1 Å². The lowest BCUT2D eigenvalue weighted by molar-refractivity contribution is -0.137. The average Bonchev–Trinajstić information content (AvgIpc) is 3.21. The number of anilines is 1. The molecule has 1 aliphatic carbocycles. The van der Waals surface area contributed by atoms with Gasteiger partial charge in [0.2, 0.25) is 11.8 Å². The Balaban J connectivity index is 1.59. The highest BCUT2D eigenvalue weighted by Gasteiger charge is 2.41. The number of ketones is 1. The zero-order chi connectivity index (χ0) is 21.5. The molecule has 2 amide bonds. The lowest BCUT2D eigenvalue weighted by Gasteiger charge is -2.32. The minimum Gasteiger partial charge on any atom is -0.469 e. The van der Waals surface area contributed by atoms with Crippen LogP contribution in [-0.4, -0.2) is 17.6 Å². The number of carbonyl (C=O) groups excluding carboxylic acids is 3. The summed E-state index contributed by atoms with van der Waals surface area (Å²) in [5, 5.41) is 5.08. The van der Waals surface area contributed by atoms with Crippen molar-refractivity contribution in [3.63, 3.8) is 0 Å². The maximum absolute atomic E-state index is 12.9. The van der Waals surface area contributed by atoms with Gasteiger partial charge in [0.25, 0.3) is 0 Å². The third kappa shape index (κ3) is 3.87. The van der Waals surface area contributed by atoms with E-state index in [1.165, 1.54) is 18.4 Å². The molecule has 2 aliphatic rings. The van der Waals surface area contributed by atoms with Crippen LogP contribution in [0.5, 0.6) is 0 Å². The van der Waals surface area contributed by atoms with Crippen molar-refractivity contribution < 1.29 is 32.0 Å². The van der Waals surface area contributed by atoms with Crippen LogP contribution < -0.4 is 10.6 Å². The van der Waals surface area contributed by atoms with Crippen molar-refractivity contribution in [2.45, 2.75) is 31.4 Å². The molecule has 0 radical (unpaired) electrons. The fourth-order valence-electron chi connectivity index (χ4n) is 3.91. The maximum atomic E-state index is 12.9. The summed E-state index contributed by atoms with van der Waals surface area (Å²) in [7, 11) is 0. The number of Topliss-reactive ketones (excluding diaryl/α,β-unsaturated/α-hetero) is 1. The summed E-state index contributed by atoms with van der Waals surface area (Å²) in [6, 6.07) is 7.65. The Kier molecular flexibility index (Phi) is 4.97. The number of amides is 2. The van der Waals surface area contributed by atoms with Crippen LogP contribution in [0.1, 0.15) is 36.5 Å². The molecule has 9 heteroatoms. The Bertz CT molecular complexity index is 1040. The molecule has 6 nitrogen and oxygen atoms in total. The van der Waals surface area contributed by atoms with Crippen LogP contribution in [0, 0.1) is 5.92 Å². The van der Waals surface area contributed by atoms with Gasteiger partial charge >= 0.3 is 6.18 Å². The lowest BCUT2D eigenvalue weighted by Crippen LogP contribution is -2.43. The number of alkyl halides is 3. The van der Waals surface area contributed by atoms with Crippen molar-refractivity contribution in [2.24, 2.45) is 5.92 Å². The van der Waals surface area contributed by atoms with E-state index in [-0.39, 0.29) is 35.8 Å². The Morgan fingerprint density at radius 2 is 1.90 bits per heavy atom. The van der Waals surface area contributed by atoms with Crippen molar-refractivity contribution in [1.29, 1.82) is 0 Å². The van der Waals surface area contributed by atoms with E-state index < -0.39 is 29.5 Å². The summed E-state index contributed by atoms with van der Waals surface area (Å²) in [6.07, 6.45) is -2.86. The SMILES string of the molecule is O=C1C[C@H](C(=O)Nc2cccc(C(F)(F)F)c2)C2=C(C[C@@H](c3ccco3)CC2=O)N1. The summed E-state index contributed by atoms with van der Waals surface area (Å²) >= 11 is 0. The monoisotopic (exact) mass is 418 g/mol. The first-order valence-electron chi connectivity index (χ1n) is 9.30. The predicted molar refractivity (Wildman–Crippen MR) is 99.0 cm³/mol. The molecule has 0 unspecified atom stereocenters. The largest absolute Gasteiger partial charge is 0.469 e. The summed E-state index contributed by atoms with van der Waals surface area (Å²) in [6.45, 7) is 0. The van der Waals surface area contributed by atoms with Crippen molar-refractivity contribution in [1.82, 2.24) is 5.32 Å². The summed E-state index contributed by atoms with van der Waals surface area (Å²) in [5.74, 6) is -2.11. The van der Waals surface area contributed by atoms with Crippen LogP contribution in [0.15, 0.2) is 58.3 Å². The fraction of sp³-hybridized carbons (Fsp3) is 0.286. The number of allylic oxidation sites excluding steroid dienone is 1. The molecule has 156 valence electrons. The predicted octanol–water partition coefficient (Wildman–Crippen LogP) is 3.77. The molecule has 2 aromatic rings. The highest BCUT2D eigenvalue weighted by molar-refractivity contribution is 6.09.